The van der Waals surface area contributed by atoms with Crippen LogP contribution < -0.4 is 5.14 Å². The highest BCUT2D eigenvalue weighted by atomic mass is 79.9. The maximum atomic E-state index is 11.0. The maximum absolute atomic E-state index is 11.0. The first-order valence-electron chi connectivity index (χ1n) is 3.50. The van der Waals surface area contributed by atoms with Crippen molar-refractivity contribution in [1.29, 1.82) is 0 Å². The van der Waals surface area contributed by atoms with Gasteiger partial charge in [-0.2, -0.15) is 0 Å². The first-order chi connectivity index (χ1) is 5.82. The molecule has 1 aromatic rings. The van der Waals surface area contributed by atoms with Crippen LogP contribution in [0.25, 0.3) is 0 Å². The second-order valence-corrected chi connectivity index (χ2v) is 6.27. The number of hydrogen-bond acceptors (Lipinski definition) is 3. The summed E-state index contributed by atoms with van der Waals surface area (Å²) in [5, 5.41) is 14.9. The van der Waals surface area contributed by atoms with Crippen molar-refractivity contribution >= 4 is 38.3 Å². The van der Waals surface area contributed by atoms with Crippen LogP contribution in [0.15, 0.2) is 14.7 Å². The van der Waals surface area contributed by atoms with E-state index in [-0.39, 0.29) is 0 Å². The Kier molecular flexibility index (Phi) is 3.29. The van der Waals surface area contributed by atoms with Gasteiger partial charge in [-0.15, -0.1) is 11.3 Å². The van der Waals surface area contributed by atoms with Crippen LogP contribution in [-0.4, -0.2) is 9.32 Å². The molecule has 1 atom stereocenters. The van der Waals surface area contributed by atoms with E-state index >= 15 is 0 Å². The molecule has 0 bridgehead atoms. The smallest absolute Gasteiger partial charge is 0.133 e. The first-order valence-corrected chi connectivity index (χ1v) is 6.33. The molecule has 0 aliphatic rings. The van der Waals surface area contributed by atoms with E-state index in [9.17, 15) is 9.32 Å². The second kappa shape index (κ2) is 3.78. The molecule has 3 nitrogen and oxygen atoms in total. The van der Waals surface area contributed by atoms with Gasteiger partial charge in [0.2, 0.25) is 0 Å². The number of aliphatic hydroxyl groups is 1. The fourth-order valence-corrected chi connectivity index (χ4v) is 3.52. The van der Waals surface area contributed by atoms with E-state index in [1.807, 2.05) is 0 Å². The van der Waals surface area contributed by atoms with Crippen LogP contribution >= 0.6 is 27.3 Å². The Hall–Kier alpha value is 0.250. The van der Waals surface area contributed by atoms with Gasteiger partial charge in [0.1, 0.15) is 15.2 Å². The van der Waals surface area contributed by atoms with Crippen LogP contribution in [0.3, 0.4) is 0 Å². The van der Waals surface area contributed by atoms with Crippen molar-refractivity contribution < 1.29 is 9.32 Å². The van der Waals surface area contributed by atoms with Crippen molar-refractivity contribution in [3.63, 3.8) is 0 Å². The molecule has 13 heavy (non-hydrogen) atoms. The van der Waals surface area contributed by atoms with Crippen molar-refractivity contribution in [2.45, 2.75) is 23.7 Å². The molecule has 6 heteroatoms. The van der Waals surface area contributed by atoms with Gasteiger partial charge in [0.15, 0.2) is 0 Å². The Bertz CT molecular complexity index is 343. The summed E-state index contributed by atoms with van der Waals surface area (Å²) in [5.41, 5.74) is -0.912. The number of thiophene rings is 1. The molecule has 1 aromatic heterocycles. The molecule has 0 amide bonds. The number of nitrogens with two attached hydrogens (primary N) is 1. The normalized spacial score (nSPS) is 14.5. The van der Waals surface area contributed by atoms with E-state index in [1.165, 1.54) is 11.3 Å². The monoisotopic (exact) mass is 283 g/mol. The van der Waals surface area contributed by atoms with Gasteiger partial charge >= 0.3 is 0 Å². The average Bonchev–Trinajstić information content (AvgIpc) is 2.29. The van der Waals surface area contributed by atoms with Crippen LogP contribution in [-0.2, 0) is 16.6 Å². The molecule has 1 rings (SSSR count). The van der Waals surface area contributed by atoms with Gasteiger partial charge in [-0.3, -0.25) is 0 Å². The van der Waals surface area contributed by atoms with Gasteiger partial charge in [0.05, 0.1) is 5.60 Å². The lowest BCUT2D eigenvalue weighted by atomic mass is 10.1. The minimum Gasteiger partial charge on any atom is -0.385 e. The standard InChI is InChI=1S/C7H10BrNO2S2/c1-7(2,10)5-3-4(8)6(12-5)13(9)11/h3,10H,9H2,1-2H3. The molecule has 0 spiro atoms. The highest BCUT2D eigenvalue weighted by molar-refractivity contribution is 9.10. The van der Waals surface area contributed by atoms with Gasteiger partial charge in [0, 0.05) is 9.35 Å². The van der Waals surface area contributed by atoms with E-state index in [0.717, 1.165) is 4.88 Å². The summed E-state index contributed by atoms with van der Waals surface area (Å²) >= 11 is 4.49. The fourth-order valence-electron chi connectivity index (χ4n) is 0.791. The molecule has 0 aliphatic carbocycles. The van der Waals surface area contributed by atoms with E-state index in [0.29, 0.717) is 8.68 Å². The topological polar surface area (TPSA) is 63.3 Å². The summed E-state index contributed by atoms with van der Waals surface area (Å²) in [4.78, 5) is 0.744. The molecule has 3 N–H and O–H groups in total. The predicted octanol–water partition coefficient (Wildman–Crippen LogP) is 1.72. The second-order valence-electron chi connectivity index (χ2n) is 3.10. The minimum absolute atomic E-state index is 0.553. The molecule has 0 saturated heterocycles. The van der Waals surface area contributed by atoms with E-state index < -0.39 is 16.6 Å². The Balaban J connectivity index is 3.17. The number of halogens is 1. The van der Waals surface area contributed by atoms with Gasteiger partial charge in [-0.25, -0.2) is 9.35 Å². The van der Waals surface area contributed by atoms with Crippen LogP contribution in [0.1, 0.15) is 18.7 Å². The highest BCUT2D eigenvalue weighted by Gasteiger charge is 2.21. The van der Waals surface area contributed by atoms with Gasteiger partial charge in [-0.05, 0) is 35.8 Å². The summed E-state index contributed by atoms with van der Waals surface area (Å²) in [6.45, 7) is 3.35. The summed E-state index contributed by atoms with van der Waals surface area (Å²) in [7, 11) is -1.49. The maximum Gasteiger partial charge on any atom is 0.133 e. The summed E-state index contributed by atoms with van der Waals surface area (Å²) in [6, 6.07) is 1.74. The van der Waals surface area contributed by atoms with Crippen LogP contribution in [0.2, 0.25) is 0 Å². The van der Waals surface area contributed by atoms with Crippen LogP contribution in [0.4, 0.5) is 0 Å². The Labute approximate surface area is 91.7 Å². The lowest BCUT2D eigenvalue weighted by Gasteiger charge is -2.13. The van der Waals surface area contributed by atoms with Crippen molar-refractivity contribution in [3.05, 3.63) is 15.4 Å². The molecule has 0 fully saturated rings. The lowest BCUT2D eigenvalue weighted by Crippen LogP contribution is -2.12. The predicted molar refractivity (Wildman–Crippen MR) is 57.9 cm³/mol. The third-order valence-electron chi connectivity index (χ3n) is 1.44. The molecule has 0 saturated carbocycles. The van der Waals surface area contributed by atoms with Crippen molar-refractivity contribution in [1.82, 2.24) is 0 Å². The van der Waals surface area contributed by atoms with Crippen LogP contribution in [0, 0.1) is 0 Å². The third kappa shape index (κ3) is 2.60. The molecule has 0 aromatic carbocycles. The Morgan fingerprint density at radius 3 is 2.46 bits per heavy atom. The number of rotatable bonds is 2. The highest BCUT2D eigenvalue weighted by Crippen LogP contribution is 2.35. The fraction of sp³-hybridized carbons (Fsp3) is 0.429. The Morgan fingerprint density at radius 2 is 2.23 bits per heavy atom. The minimum atomic E-state index is -1.49. The lowest BCUT2D eigenvalue weighted by molar-refractivity contribution is 0.0825. The Morgan fingerprint density at radius 1 is 1.69 bits per heavy atom. The van der Waals surface area contributed by atoms with Crippen molar-refractivity contribution in [2.75, 3.05) is 0 Å². The summed E-state index contributed by atoms with van der Waals surface area (Å²) < 4.78 is 12.2. The summed E-state index contributed by atoms with van der Waals surface area (Å²) in [5.74, 6) is 0. The van der Waals surface area contributed by atoms with Gasteiger partial charge in [0.25, 0.3) is 0 Å². The first kappa shape index (κ1) is 11.3. The zero-order valence-electron chi connectivity index (χ0n) is 7.20. The van der Waals surface area contributed by atoms with E-state index in [1.54, 1.807) is 19.9 Å². The molecular formula is C7H10BrNO2S2. The van der Waals surface area contributed by atoms with Crippen LogP contribution in [0.5, 0.6) is 0 Å². The van der Waals surface area contributed by atoms with Gasteiger partial charge < -0.3 is 5.11 Å². The molecule has 0 radical (unpaired) electrons. The molecule has 1 unspecified atom stereocenters. The van der Waals surface area contributed by atoms with E-state index in [4.69, 9.17) is 5.14 Å². The molecule has 1 heterocycles. The average molecular weight is 284 g/mol. The SMILES string of the molecule is CC(C)(O)c1cc(Br)c(S(N)=O)s1. The van der Waals surface area contributed by atoms with Crippen molar-refractivity contribution in [2.24, 2.45) is 5.14 Å². The third-order valence-corrected chi connectivity index (χ3v) is 5.16. The quantitative estimate of drug-likeness (QED) is 0.868. The summed E-state index contributed by atoms with van der Waals surface area (Å²) in [6.07, 6.45) is 0. The van der Waals surface area contributed by atoms with Gasteiger partial charge in [-0.1, -0.05) is 0 Å². The van der Waals surface area contributed by atoms with E-state index in [2.05, 4.69) is 15.9 Å². The van der Waals surface area contributed by atoms with Crippen molar-refractivity contribution in [3.8, 4) is 0 Å². The molecule has 0 aliphatic heterocycles. The largest absolute Gasteiger partial charge is 0.385 e. The number of hydrogen-bond donors (Lipinski definition) is 2. The zero-order valence-corrected chi connectivity index (χ0v) is 10.4. The molecule has 74 valence electrons. The zero-order chi connectivity index (χ0) is 10.2. The molecular weight excluding hydrogens is 274 g/mol.